The van der Waals surface area contributed by atoms with Gasteiger partial charge in [-0.1, -0.05) is 5.16 Å². The first-order valence-electron chi connectivity index (χ1n) is 4.97. The summed E-state index contributed by atoms with van der Waals surface area (Å²) in [5.41, 5.74) is 11.0. The highest BCUT2D eigenvalue weighted by molar-refractivity contribution is 5.99. The Hall–Kier alpha value is -1.88. The molecule has 100 valence electrons. The zero-order valence-electron chi connectivity index (χ0n) is 9.08. The number of ether oxygens (including phenoxy) is 1. The van der Waals surface area contributed by atoms with Gasteiger partial charge in [0, 0.05) is 0 Å². The normalized spacial score (nSPS) is 32.9. The van der Waals surface area contributed by atoms with Gasteiger partial charge >= 0.3 is 0 Å². The molecule has 0 aliphatic carbocycles. The highest BCUT2D eigenvalue weighted by atomic mass is 16.7. The van der Waals surface area contributed by atoms with Crippen LogP contribution in [0.5, 0.6) is 0 Å². The molecule has 1 saturated heterocycles. The molecule has 10 nitrogen and oxygen atoms in total. The van der Waals surface area contributed by atoms with Crippen LogP contribution in [0.4, 0.5) is 5.82 Å². The van der Waals surface area contributed by atoms with Gasteiger partial charge in [0.05, 0.1) is 6.33 Å². The van der Waals surface area contributed by atoms with Crippen LogP contribution in [-0.4, -0.2) is 54.4 Å². The van der Waals surface area contributed by atoms with Crippen LogP contribution < -0.4 is 11.5 Å². The van der Waals surface area contributed by atoms with Gasteiger partial charge in [-0.2, -0.15) is 0 Å². The molecule has 1 aromatic heterocycles. The van der Waals surface area contributed by atoms with Gasteiger partial charge in [0.25, 0.3) is 0 Å². The molecule has 1 aliphatic heterocycles. The van der Waals surface area contributed by atoms with Crippen molar-refractivity contribution in [2.75, 3.05) is 5.73 Å². The number of nitrogens with two attached hydrogens (primary N) is 2. The number of rotatable bonds is 2. The smallest absolute Gasteiger partial charge is 0.192 e. The van der Waals surface area contributed by atoms with Gasteiger partial charge in [0.1, 0.15) is 18.0 Å². The highest BCUT2D eigenvalue weighted by Gasteiger charge is 2.43. The molecular weight excluding hydrogens is 246 g/mol. The lowest BCUT2D eigenvalue weighted by Gasteiger charge is -2.16. The predicted octanol–water partition coefficient (Wildman–Crippen LogP) is -2.87. The quantitative estimate of drug-likeness (QED) is 0.142. The second-order valence-electron chi connectivity index (χ2n) is 3.77. The van der Waals surface area contributed by atoms with Crippen LogP contribution in [0, 0.1) is 0 Å². The first kappa shape index (κ1) is 12.6. The molecular formula is C8H13N5O5. The lowest BCUT2D eigenvalue weighted by molar-refractivity contribution is -0.141. The molecule has 0 aromatic carbocycles. The van der Waals surface area contributed by atoms with Gasteiger partial charge in [-0.05, 0) is 0 Å². The third kappa shape index (κ3) is 1.76. The van der Waals surface area contributed by atoms with Crippen LogP contribution in [-0.2, 0) is 4.74 Å². The summed E-state index contributed by atoms with van der Waals surface area (Å²) in [7, 11) is 0. The second-order valence-corrected chi connectivity index (χ2v) is 3.77. The van der Waals surface area contributed by atoms with Crippen molar-refractivity contribution in [2.45, 2.75) is 24.7 Å². The lowest BCUT2D eigenvalue weighted by Crippen LogP contribution is -2.31. The van der Waals surface area contributed by atoms with Crippen molar-refractivity contribution >= 4 is 11.7 Å². The highest BCUT2D eigenvalue weighted by Crippen LogP contribution is 2.30. The van der Waals surface area contributed by atoms with Gasteiger partial charge in [-0.15, -0.1) is 0 Å². The molecule has 1 aliphatic rings. The molecule has 0 bridgehead atoms. The van der Waals surface area contributed by atoms with E-state index in [0.717, 1.165) is 4.57 Å². The molecule has 10 heteroatoms. The molecule has 18 heavy (non-hydrogen) atoms. The Bertz CT molecular complexity index is 474. The van der Waals surface area contributed by atoms with Crippen molar-refractivity contribution in [3.8, 4) is 0 Å². The van der Waals surface area contributed by atoms with Gasteiger partial charge in [0.2, 0.25) is 0 Å². The van der Waals surface area contributed by atoms with Crippen LogP contribution in [0.1, 0.15) is 11.9 Å². The molecule has 0 saturated carbocycles. The molecule has 0 radical (unpaired) electrons. The number of aliphatic hydroxyl groups is 3. The summed E-state index contributed by atoms with van der Waals surface area (Å²) in [5.74, 6) is -0.338. The molecule has 1 aromatic rings. The SMILES string of the molecule is N/C(=N\O)c1ncn(C2OC(O)C(O)C2O)c1N. The Morgan fingerprint density at radius 2 is 2.06 bits per heavy atom. The minimum absolute atomic E-state index is 0.00387. The predicted molar refractivity (Wildman–Crippen MR) is 57.3 cm³/mol. The number of anilines is 1. The van der Waals surface area contributed by atoms with Crippen LogP contribution in [0.2, 0.25) is 0 Å². The van der Waals surface area contributed by atoms with E-state index in [1.807, 2.05) is 0 Å². The lowest BCUT2D eigenvalue weighted by atomic mass is 10.2. The summed E-state index contributed by atoms with van der Waals surface area (Å²) >= 11 is 0. The summed E-state index contributed by atoms with van der Waals surface area (Å²) in [6.45, 7) is 0. The maximum absolute atomic E-state index is 9.66. The number of aromatic nitrogens is 2. The van der Waals surface area contributed by atoms with Crippen molar-refractivity contribution in [2.24, 2.45) is 10.9 Å². The second kappa shape index (κ2) is 4.42. The van der Waals surface area contributed by atoms with Gasteiger partial charge in [0.15, 0.2) is 24.0 Å². The van der Waals surface area contributed by atoms with Gasteiger partial charge in [-0.3, -0.25) is 4.57 Å². The summed E-state index contributed by atoms with van der Waals surface area (Å²) < 4.78 is 6.10. The third-order valence-corrected chi connectivity index (χ3v) is 2.67. The van der Waals surface area contributed by atoms with Crippen molar-refractivity contribution in [3.05, 3.63) is 12.0 Å². The van der Waals surface area contributed by atoms with E-state index in [1.165, 1.54) is 6.33 Å². The standard InChI is InChI=1S/C8H13N5O5/c9-5(12-17)2-6(10)13(1-11-2)7-3(14)4(15)8(16)18-7/h1,3-4,7-8,14-17H,10H2,(H2,9,12). The molecule has 0 amide bonds. The number of hydrogen-bond donors (Lipinski definition) is 6. The van der Waals surface area contributed by atoms with E-state index in [2.05, 4.69) is 10.1 Å². The third-order valence-electron chi connectivity index (χ3n) is 2.67. The number of amidine groups is 1. The summed E-state index contributed by atoms with van der Waals surface area (Å²) in [6, 6.07) is 0. The number of aliphatic hydroxyl groups excluding tert-OH is 3. The van der Waals surface area contributed by atoms with E-state index < -0.39 is 24.7 Å². The fourth-order valence-corrected chi connectivity index (χ4v) is 1.69. The Balaban J connectivity index is 2.33. The topological polar surface area (TPSA) is 172 Å². The summed E-state index contributed by atoms with van der Waals surface area (Å²) in [5, 5.41) is 39.5. The molecule has 1 fully saturated rings. The molecule has 4 atom stereocenters. The molecule has 8 N–H and O–H groups in total. The van der Waals surface area contributed by atoms with E-state index >= 15 is 0 Å². The molecule has 0 spiro atoms. The number of imidazole rings is 1. The first-order valence-corrected chi connectivity index (χ1v) is 4.97. The van der Waals surface area contributed by atoms with Crippen molar-refractivity contribution in [1.29, 1.82) is 0 Å². The average Bonchev–Trinajstić information content (AvgIpc) is 2.84. The summed E-state index contributed by atoms with van der Waals surface area (Å²) in [4.78, 5) is 3.78. The van der Waals surface area contributed by atoms with Crippen LogP contribution in [0.3, 0.4) is 0 Å². The summed E-state index contributed by atoms with van der Waals surface area (Å²) in [6.07, 6.45) is -4.29. The van der Waals surface area contributed by atoms with E-state index in [9.17, 15) is 15.3 Å². The number of oxime groups is 1. The fourth-order valence-electron chi connectivity index (χ4n) is 1.69. The Morgan fingerprint density at radius 1 is 1.39 bits per heavy atom. The number of nitrogens with zero attached hydrogens (tertiary/aromatic N) is 3. The van der Waals surface area contributed by atoms with Gasteiger partial charge < -0.3 is 36.7 Å². The monoisotopic (exact) mass is 259 g/mol. The van der Waals surface area contributed by atoms with E-state index in [-0.39, 0.29) is 17.3 Å². The zero-order valence-corrected chi connectivity index (χ0v) is 9.08. The molecule has 2 heterocycles. The van der Waals surface area contributed by atoms with E-state index in [1.54, 1.807) is 0 Å². The number of hydrogen-bond acceptors (Lipinski definition) is 8. The molecule has 4 unspecified atom stereocenters. The first-order chi connectivity index (χ1) is 8.47. The van der Waals surface area contributed by atoms with Crippen molar-refractivity contribution < 1.29 is 25.3 Å². The van der Waals surface area contributed by atoms with E-state index in [0.29, 0.717) is 0 Å². The minimum Gasteiger partial charge on any atom is -0.409 e. The van der Waals surface area contributed by atoms with Crippen molar-refractivity contribution in [3.63, 3.8) is 0 Å². The fraction of sp³-hybridized carbons (Fsp3) is 0.500. The van der Waals surface area contributed by atoms with Crippen LogP contribution in [0.25, 0.3) is 0 Å². The van der Waals surface area contributed by atoms with Crippen LogP contribution in [0.15, 0.2) is 11.5 Å². The maximum atomic E-state index is 9.66. The van der Waals surface area contributed by atoms with Crippen molar-refractivity contribution in [1.82, 2.24) is 9.55 Å². The van der Waals surface area contributed by atoms with Gasteiger partial charge in [-0.25, -0.2) is 4.98 Å². The zero-order chi connectivity index (χ0) is 13.4. The Labute approximate surface area is 101 Å². The van der Waals surface area contributed by atoms with E-state index in [4.69, 9.17) is 21.4 Å². The minimum atomic E-state index is -1.53. The maximum Gasteiger partial charge on any atom is 0.192 e. The average molecular weight is 259 g/mol. The number of nitrogen functional groups attached to an aromatic ring is 1. The van der Waals surface area contributed by atoms with Crippen LogP contribution >= 0.6 is 0 Å². The molecule has 2 rings (SSSR count). The Kier molecular flexibility index (Phi) is 3.09. The Morgan fingerprint density at radius 3 is 2.56 bits per heavy atom. The largest absolute Gasteiger partial charge is 0.409 e.